The van der Waals surface area contributed by atoms with E-state index in [2.05, 4.69) is 18.9 Å². The first-order valence-corrected chi connectivity index (χ1v) is 6.12. The maximum absolute atomic E-state index is 6.03. The molecular weight excluding hydrogens is 212 g/mol. The molecule has 3 rings (SSSR count). The summed E-state index contributed by atoms with van der Waals surface area (Å²) in [5.74, 6) is 1.14. The molecular formula is C13H18N4. The molecule has 1 fully saturated rings. The molecule has 17 heavy (non-hydrogen) atoms. The number of nitrogens with zero attached hydrogens (tertiary/aromatic N) is 3. The van der Waals surface area contributed by atoms with Gasteiger partial charge >= 0.3 is 0 Å². The Labute approximate surface area is 101 Å². The number of hydrogen-bond acceptors (Lipinski definition) is 3. The maximum Gasteiger partial charge on any atom is 0.160 e. The molecule has 0 radical (unpaired) electrons. The lowest BCUT2D eigenvalue weighted by Crippen LogP contribution is -2.11. The van der Waals surface area contributed by atoms with E-state index < -0.39 is 0 Å². The monoisotopic (exact) mass is 230 g/mol. The van der Waals surface area contributed by atoms with Crippen LogP contribution in [-0.4, -0.2) is 14.6 Å². The van der Waals surface area contributed by atoms with Crippen molar-refractivity contribution in [2.75, 3.05) is 5.73 Å². The van der Waals surface area contributed by atoms with Crippen LogP contribution in [0.2, 0.25) is 0 Å². The van der Waals surface area contributed by atoms with Crippen LogP contribution >= 0.6 is 0 Å². The zero-order valence-electron chi connectivity index (χ0n) is 10.6. The van der Waals surface area contributed by atoms with E-state index >= 15 is 0 Å². The highest BCUT2D eigenvalue weighted by Crippen LogP contribution is 2.55. The average molecular weight is 230 g/mol. The van der Waals surface area contributed by atoms with Gasteiger partial charge in [0.05, 0.1) is 6.20 Å². The van der Waals surface area contributed by atoms with E-state index in [0.29, 0.717) is 17.2 Å². The van der Waals surface area contributed by atoms with Gasteiger partial charge in [0.1, 0.15) is 5.82 Å². The Bertz CT molecular complexity index is 580. The minimum absolute atomic E-state index is 0.422. The van der Waals surface area contributed by atoms with E-state index in [-0.39, 0.29) is 0 Å². The Morgan fingerprint density at radius 3 is 2.82 bits per heavy atom. The molecule has 2 aromatic rings. The Kier molecular flexibility index (Phi) is 2.00. The smallest absolute Gasteiger partial charge is 0.160 e. The van der Waals surface area contributed by atoms with E-state index in [1.165, 1.54) is 12.8 Å². The third-order valence-electron chi connectivity index (χ3n) is 4.22. The Morgan fingerprint density at radius 1 is 1.47 bits per heavy atom. The summed E-state index contributed by atoms with van der Waals surface area (Å²) < 4.78 is 1.71. The molecule has 0 bridgehead atoms. The van der Waals surface area contributed by atoms with Crippen LogP contribution in [0.4, 0.5) is 5.82 Å². The van der Waals surface area contributed by atoms with E-state index in [0.717, 1.165) is 16.9 Å². The van der Waals surface area contributed by atoms with E-state index in [1.54, 1.807) is 4.52 Å². The van der Waals surface area contributed by atoms with Gasteiger partial charge in [-0.2, -0.15) is 9.61 Å². The topological polar surface area (TPSA) is 56.2 Å². The molecule has 0 aliphatic heterocycles. The molecule has 0 saturated heterocycles. The summed E-state index contributed by atoms with van der Waals surface area (Å²) in [6.07, 6.45) is 4.39. The minimum atomic E-state index is 0.422. The fourth-order valence-electron chi connectivity index (χ4n) is 2.32. The lowest BCUT2D eigenvalue weighted by atomic mass is 9.89. The third kappa shape index (κ3) is 1.51. The van der Waals surface area contributed by atoms with Gasteiger partial charge < -0.3 is 5.73 Å². The first-order valence-electron chi connectivity index (χ1n) is 6.12. The number of nitrogen functional groups attached to an aromatic ring is 1. The van der Waals surface area contributed by atoms with Gasteiger partial charge in [0.2, 0.25) is 0 Å². The Morgan fingerprint density at radius 2 is 2.18 bits per heavy atom. The van der Waals surface area contributed by atoms with Crippen molar-refractivity contribution >= 4 is 11.5 Å². The summed E-state index contributed by atoms with van der Waals surface area (Å²) in [6, 6.07) is 1.97. The van der Waals surface area contributed by atoms with Crippen molar-refractivity contribution < 1.29 is 0 Å². The molecule has 1 saturated carbocycles. The fourth-order valence-corrected chi connectivity index (χ4v) is 2.32. The minimum Gasteiger partial charge on any atom is -0.384 e. The lowest BCUT2D eigenvalue weighted by molar-refractivity contribution is 0.460. The maximum atomic E-state index is 6.03. The van der Waals surface area contributed by atoms with Gasteiger partial charge in [-0.25, -0.2) is 4.98 Å². The van der Waals surface area contributed by atoms with Crippen molar-refractivity contribution in [3.05, 3.63) is 23.5 Å². The summed E-state index contributed by atoms with van der Waals surface area (Å²) in [4.78, 5) is 4.72. The highest BCUT2D eigenvalue weighted by Gasteiger charge is 2.43. The van der Waals surface area contributed by atoms with Gasteiger partial charge in [-0.1, -0.05) is 13.8 Å². The molecule has 4 nitrogen and oxygen atoms in total. The molecule has 1 aliphatic rings. The van der Waals surface area contributed by atoms with Gasteiger partial charge in [0, 0.05) is 23.2 Å². The standard InChI is InChI=1S/C13H18N4/c1-8-7-15-17-11(14)6-10(16-12(8)17)9(2)13(3)4-5-13/h6-7,9H,4-5,14H2,1-3H3. The number of rotatable bonds is 2. The van der Waals surface area contributed by atoms with E-state index in [9.17, 15) is 0 Å². The molecule has 1 aliphatic carbocycles. The number of aryl methyl sites for hydroxylation is 1. The average Bonchev–Trinajstić information content (AvgIpc) is 2.94. The van der Waals surface area contributed by atoms with Crippen molar-refractivity contribution in [2.45, 2.75) is 39.5 Å². The molecule has 4 heteroatoms. The second-order valence-electron chi connectivity index (χ2n) is 5.54. The van der Waals surface area contributed by atoms with Crippen LogP contribution in [0, 0.1) is 12.3 Å². The van der Waals surface area contributed by atoms with Crippen molar-refractivity contribution in [1.82, 2.24) is 14.6 Å². The van der Waals surface area contributed by atoms with Crippen LogP contribution in [0.25, 0.3) is 5.65 Å². The predicted octanol–water partition coefficient (Wildman–Crippen LogP) is 2.52. The third-order valence-corrected chi connectivity index (χ3v) is 4.22. The van der Waals surface area contributed by atoms with E-state index in [4.69, 9.17) is 10.7 Å². The number of nitrogens with two attached hydrogens (primary N) is 1. The molecule has 1 atom stereocenters. The van der Waals surface area contributed by atoms with Gasteiger partial charge in [0.25, 0.3) is 0 Å². The Balaban J connectivity index is 2.14. The normalized spacial score (nSPS) is 19.5. The second kappa shape index (κ2) is 3.22. The molecule has 0 spiro atoms. The van der Waals surface area contributed by atoms with E-state index in [1.807, 2.05) is 19.2 Å². The van der Waals surface area contributed by atoms with Crippen LogP contribution < -0.4 is 5.73 Å². The molecule has 2 aromatic heterocycles. The zero-order chi connectivity index (χ0) is 12.2. The first kappa shape index (κ1) is 10.6. The van der Waals surface area contributed by atoms with Crippen LogP contribution in [0.5, 0.6) is 0 Å². The van der Waals surface area contributed by atoms with Crippen molar-refractivity contribution in [3.63, 3.8) is 0 Å². The summed E-state index contributed by atoms with van der Waals surface area (Å²) in [5, 5.41) is 4.23. The van der Waals surface area contributed by atoms with Crippen LogP contribution in [0.1, 0.15) is 43.9 Å². The van der Waals surface area contributed by atoms with Crippen molar-refractivity contribution in [3.8, 4) is 0 Å². The highest BCUT2D eigenvalue weighted by atomic mass is 15.3. The van der Waals surface area contributed by atoms with Gasteiger partial charge in [-0.3, -0.25) is 0 Å². The summed E-state index contributed by atoms with van der Waals surface area (Å²) >= 11 is 0. The van der Waals surface area contributed by atoms with Gasteiger partial charge in [-0.05, 0) is 25.2 Å². The summed E-state index contributed by atoms with van der Waals surface area (Å²) in [5.41, 5.74) is 9.51. The molecule has 0 aromatic carbocycles. The number of fused-ring (bicyclic) bond motifs is 1. The van der Waals surface area contributed by atoms with Crippen molar-refractivity contribution in [2.24, 2.45) is 5.41 Å². The largest absolute Gasteiger partial charge is 0.384 e. The van der Waals surface area contributed by atoms with Crippen LogP contribution in [0.15, 0.2) is 12.3 Å². The quantitative estimate of drug-likeness (QED) is 0.862. The number of anilines is 1. The highest BCUT2D eigenvalue weighted by molar-refractivity contribution is 5.52. The zero-order valence-corrected chi connectivity index (χ0v) is 10.6. The van der Waals surface area contributed by atoms with Gasteiger partial charge in [0.15, 0.2) is 5.65 Å². The van der Waals surface area contributed by atoms with Crippen LogP contribution in [0.3, 0.4) is 0 Å². The molecule has 2 N–H and O–H groups in total. The summed E-state index contributed by atoms with van der Waals surface area (Å²) in [6.45, 7) is 6.59. The lowest BCUT2D eigenvalue weighted by Gasteiger charge is -2.18. The predicted molar refractivity (Wildman–Crippen MR) is 67.9 cm³/mol. The molecule has 0 amide bonds. The first-order chi connectivity index (χ1) is 8.01. The fraction of sp³-hybridized carbons (Fsp3) is 0.538. The number of aromatic nitrogens is 3. The second-order valence-corrected chi connectivity index (χ2v) is 5.54. The SMILES string of the molecule is Cc1cnn2c(N)cc(C(C)C3(C)CC3)nc12. The molecule has 2 heterocycles. The number of hydrogen-bond donors (Lipinski definition) is 1. The summed E-state index contributed by atoms with van der Waals surface area (Å²) in [7, 11) is 0. The molecule has 1 unspecified atom stereocenters. The molecule has 90 valence electrons. The van der Waals surface area contributed by atoms with Crippen LogP contribution in [-0.2, 0) is 0 Å². The van der Waals surface area contributed by atoms with Crippen molar-refractivity contribution in [1.29, 1.82) is 0 Å². The Hall–Kier alpha value is -1.58. The van der Waals surface area contributed by atoms with Gasteiger partial charge in [-0.15, -0.1) is 0 Å².